The third-order valence-electron chi connectivity index (χ3n) is 4.15. The van der Waals surface area contributed by atoms with Crippen molar-refractivity contribution in [3.63, 3.8) is 0 Å². The first-order valence-electron chi connectivity index (χ1n) is 8.99. The molecule has 2 aromatic rings. The molecule has 1 N–H and O–H groups in total. The predicted octanol–water partition coefficient (Wildman–Crippen LogP) is 3.76. The van der Waals surface area contributed by atoms with E-state index in [-0.39, 0.29) is 16.6 Å². The van der Waals surface area contributed by atoms with Crippen LogP contribution < -0.4 is 10.1 Å². The molecular formula is C20H26N2O4S2. The fraction of sp³-hybridized carbons (Fsp3) is 0.350. The van der Waals surface area contributed by atoms with Crippen molar-refractivity contribution < 1.29 is 17.9 Å². The molecule has 28 heavy (non-hydrogen) atoms. The number of carbonyl (C=O) groups is 1. The maximum absolute atomic E-state index is 12.7. The zero-order valence-corrected chi connectivity index (χ0v) is 18.2. The van der Waals surface area contributed by atoms with E-state index in [1.54, 1.807) is 19.9 Å². The van der Waals surface area contributed by atoms with Crippen LogP contribution in [0.5, 0.6) is 5.75 Å². The van der Waals surface area contributed by atoms with Crippen LogP contribution in [0.3, 0.4) is 0 Å². The van der Waals surface area contributed by atoms with Gasteiger partial charge in [0.15, 0.2) is 0 Å². The number of sulfonamides is 1. The number of nitrogens with one attached hydrogen (secondary N) is 1. The van der Waals surface area contributed by atoms with Crippen LogP contribution in [0.2, 0.25) is 0 Å². The molecule has 6 nitrogen and oxygen atoms in total. The second kappa shape index (κ2) is 9.95. The van der Waals surface area contributed by atoms with Crippen molar-refractivity contribution in [2.24, 2.45) is 0 Å². The first-order chi connectivity index (χ1) is 13.3. The van der Waals surface area contributed by atoms with E-state index in [0.717, 1.165) is 10.5 Å². The Balaban J connectivity index is 2.18. The molecule has 0 radical (unpaired) electrons. The average molecular weight is 423 g/mol. The number of aryl methyl sites for hydroxylation is 1. The van der Waals surface area contributed by atoms with Gasteiger partial charge in [0.25, 0.3) is 0 Å². The molecule has 0 unspecified atom stereocenters. The van der Waals surface area contributed by atoms with E-state index in [2.05, 4.69) is 5.32 Å². The average Bonchev–Trinajstić information content (AvgIpc) is 2.67. The van der Waals surface area contributed by atoms with Gasteiger partial charge >= 0.3 is 0 Å². The zero-order chi connectivity index (χ0) is 20.7. The Morgan fingerprint density at radius 3 is 2.46 bits per heavy atom. The Hall–Kier alpha value is -2.03. The summed E-state index contributed by atoms with van der Waals surface area (Å²) in [5.41, 5.74) is 1.46. The van der Waals surface area contributed by atoms with Crippen LogP contribution >= 0.6 is 11.8 Å². The first kappa shape index (κ1) is 22.3. The van der Waals surface area contributed by atoms with Crippen LogP contribution in [-0.4, -0.2) is 44.6 Å². The van der Waals surface area contributed by atoms with Crippen LogP contribution in [-0.2, 0) is 14.8 Å². The molecule has 0 aliphatic heterocycles. The van der Waals surface area contributed by atoms with Crippen LogP contribution in [0.25, 0.3) is 0 Å². The molecule has 152 valence electrons. The number of benzene rings is 2. The quantitative estimate of drug-likeness (QED) is 0.623. The number of ether oxygens (including phenoxy) is 1. The minimum absolute atomic E-state index is 0.124. The SMILES string of the molecule is CCN(CC)S(=O)(=O)c1ccc(OC)c(NC(=O)CSc2cccc(C)c2)c1. The summed E-state index contributed by atoms with van der Waals surface area (Å²) in [6.45, 7) is 6.32. The molecule has 0 bridgehead atoms. The van der Waals surface area contributed by atoms with Crippen LogP contribution in [0, 0.1) is 6.92 Å². The molecule has 0 aromatic heterocycles. The summed E-state index contributed by atoms with van der Waals surface area (Å²) in [6.07, 6.45) is 0. The number of rotatable bonds is 9. The largest absolute Gasteiger partial charge is 0.495 e. The second-order valence-corrected chi connectivity index (χ2v) is 9.09. The van der Waals surface area contributed by atoms with E-state index in [1.165, 1.54) is 35.3 Å². The lowest BCUT2D eigenvalue weighted by Gasteiger charge is -2.19. The Kier molecular flexibility index (Phi) is 7.91. The molecule has 0 spiro atoms. The Bertz CT molecular complexity index is 926. The third kappa shape index (κ3) is 5.50. The van der Waals surface area contributed by atoms with E-state index in [4.69, 9.17) is 4.74 Å². The van der Waals surface area contributed by atoms with Crippen molar-refractivity contribution in [1.29, 1.82) is 0 Å². The highest BCUT2D eigenvalue weighted by Crippen LogP contribution is 2.29. The maximum atomic E-state index is 12.7. The second-order valence-electron chi connectivity index (χ2n) is 6.10. The van der Waals surface area contributed by atoms with Gasteiger partial charge in [-0.25, -0.2) is 8.42 Å². The first-order valence-corrected chi connectivity index (χ1v) is 11.4. The number of methoxy groups -OCH3 is 1. The number of amides is 1. The summed E-state index contributed by atoms with van der Waals surface area (Å²) in [7, 11) is -2.15. The van der Waals surface area contributed by atoms with Crippen molar-refractivity contribution in [2.75, 3.05) is 31.3 Å². The molecule has 2 rings (SSSR count). The number of carbonyl (C=O) groups excluding carboxylic acids is 1. The molecular weight excluding hydrogens is 396 g/mol. The van der Waals surface area contributed by atoms with Gasteiger partial charge < -0.3 is 10.1 Å². The highest BCUT2D eigenvalue weighted by atomic mass is 32.2. The Morgan fingerprint density at radius 2 is 1.86 bits per heavy atom. The molecule has 1 amide bonds. The van der Waals surface area contributed by atoms with Crippen LogP contribution in [0.4, 0.5) is 5.69 Å². The lowest BCUT2D eigenvalue weighted by molar-refractivity contribution is -0.113. The van der Waals surface area contributed by atoms with Gasteiger partial charge in [-0.1, -0.05) is 31.5 Å². The predicted molar refractivity (Wildman–Crippen MR) is 114 cm³/mol. The van der Waals surface area contributed by atoms with Gasteiger partial charge in [0, 0.05) is 18.0 Å². The third-order valence-corrected chi connectivity index (χ3v) is 7.19. The fourth-order valence-corrected chi connectivity index (χ4v) is 5.00. The molecule has 8 heteroatoms. The zero-order valence-electron chi connectivity index (χ0n) is 16.6. The lowest BCUT2D eigenvalue weighted by Crippen LogP contribution is -2.30. The molecule has 0 saturated carbocycles. The molecule has 0 aliphatic carbocycles. The van der Waals surface area contributed by atoms with Crippen molar-refractivity contribution >= 4 is 33.4 Å². The summed E-state index contributed by atoms with van der Waals surface area (Å²) in [5.74, 6) is 0.384. The monoisotopic (exact) mass is 422 g/mol. The molecule has 0 saturated heterocycles. The molecule has 2 aromatic carbocycles. The number of thioether (sulfide) groups is 1. The summed E-state index contributed by atoms with van der Waals surface area (Å²) >= 11 is 1.42. The Morgan fingerprint density at radius 1 is 1.14 bits per heavy atom. The van der Waals surface area contributed by atoms with E-state index in [1.807, 2.05) is 31.2 Å². The van der Waals surface area contributed by atoms with Gasteiger partial charge in [-0.2, -0.15) is 4.31 Å². The minimum atomic E-state index is -3.62. The van der Waals surface area contributed by atoms with Gasteiger partial charge in [-0.05, 0) is 37.3 Å². The fourth-order valence-electron chi connectivity index (χ4n) is 2.70. The molecule has 0 aliphatic rings. The van der Waals surface area contributed by atoms with E-state index >= 15 is 0 Å². The summed E-state index contributed by atoms with van der Waals surface area (Å²) in [5, 5.41) is 2.77. The highest BCUT2D eigenvalue weighted by molar-refractivity contribution is 8.00. The van der Waals surface area contributed by atoms with Crippen molar-refractivity contribution in [2.45, 2.75) is 30.6 Å². The summed E-state index contributed by atoms with van der Waals surface area (Å²) < 4.78 is 32.1. The summed E-state index contributed by atoms with van der Waals surface area (Å²) in [6, 6.07) is 12.4. The number of nitrogens with zero attached hydrogens (tertiary/aromatic N) is 1. The summed E-state index contributed by atoms with van der Waals surface area (Å²) in [4.78, 5) is 13.5. The van der Waals surface area contributed by atoms with Crippen LogP contribution in [0.1, 0.15) is 19.4 Å². The van der Waals surface area contributed by atoms with E-state index < -0.39 is 10.0 Å². The van der Waals surface area contributed by atoms with Gasteiger partial charge in [0.1, 0.15) is 5.75 Å². The number of hydrogen-bond acceptors (Lipinski definition) is 5. The lowest BCUT2D eigenvalue weighted by atomic mass is 10.2. The maximum Gasteiger partial charge on any atom is 0.243 e. The van der Waals surface area contributed by atoms with Gasteiger partial charge in [0.2, 0.25) is 15.9 Å². The standard InChI is InChI=1S/C20H26N2O4S2/c1-5-22(6-2)28(24,25)17-10-11-19(26-4)18(13-17)21-20(23)14-27-16-9-7-8-15(3)12-16/h7-13H,5-6,14H2,1-4H3,(H,21,23). The van der Waals surface area contributed by atoms with Crippen LogP contribution in [0.15, 0.2) is 52.3 Å². The van der Waals surface area contributed by atoms with E-state index in [0.29, 0.717) is 24.5 Å². The van der Waals surface area contributed by atoms with Crippen molar-refractivity contribution in [3.8, 4) is 5.75 Å². The topological polar surface area (TPSA) is 75.7 Å². The number of anilines is 1. The van der Waals surface area contributed by atoms with Crippen molar-refractivity contribution in [3.05, 3.63) is 48.0 Å². The van der Waals surface area contributed by atoms with Crippen molar-refractivity contribution in [1.82, 2.24) is 4.31 Å². The minimum Gasteiger partial charge on any atom is -0.495 e. The smallest absolute Gasteiger partial charge is 0.243 e. The molecule has 0 atom stereocenters. The Labute approximate surface area is 171 Å². The van der Waals surface area contributed by atoms with Gasteiger partial charge in [-0.3, -0.25) is 4.79 Å². The molecule has 0 heterocycles. The number of hydrogen-bond donors (Lipinski definition) is 1. The van der Waals surface area contributed by atoms with E-state index in [9.17, 15) is 13.2 Å². The normalized spacial score (nSPS) is 11.5. The van der Waals surface area contributed by atoms with Gasteiger partial charge in [-0.15, -0.1) is 11.8 Å². The highest BCUT2D eigenvalue weighted by Gasteiger charge is 2.23. The van der Waals surface area contributed by atoms with Gasteiger partial charge in [0.05, 0.1) is 23.4 Å². The molecule has 0 fully saturated rings.